The van der Waals surface area contributed by atoms with Crippen LogP contribution in [0, 0.1) is 0 Å². The molecular weight excluding hydrogens is 268 g/mol. The molecule has 0 saturated heterocycles. The lowest BCUT2D eigenvalue weighted by molar-refractivity contribution is -0.148. The minimum Gasteiger partial charge on any atom is -0.451 e. The largest absolute Gasteiger partial charge is 0.451 e. The van der Waals surface area contributed by atoms with Gasteiger partial charge in [-0.05, 0) is 37.0 Å². The Kier molecular flexibility index (Phi) is 4.15. The first-order valence-electron chi connectivity index (χ1n) is 7.85. The van der Waals surface area contributed by atoms with Crippen molar-refractivity contribution in [3.05, 3.63) is 29.3 Å². The molecule has 3 rings (SSSR count). The van der Waals surface area contributed by atoms with Crippen molar-refractivity contribution in [3.63, 3.8) is 0 Å². The second-order valence-corrected chi connectivity index (χ2v) is 5.85. The summed E-state index contributed by atoms with van der Waals surface area (Å²) >= 11 is 0. The number of esters is 1. The standard InChI is InChI=1S/C17H22O4/c1-2-3-10-19-12-13-6-7-14-15(11-13)20-17(21-16(14)18)8-4-5-9-17/h6-7,11H,2-5,8-10,12H2,1H3. The highest BCUT2D eigenvalue weighted by Crippen LogP contribution is 2.41. The van der Waals surface area contributed by atoms with Crippen LogP contribution in [0.3, 0.4) is 0 Å². The van der Waals surface area contributed by atoms with Crippen LogP contribution in [0.2, 0.25) is 0 Å². The molecule has 4 heteroatoms. The van der Waals surface area contributed by atoms with Gasteiger partial charge in [-0.3, -0.25) is 0 Å². The summed E-state index contributed by atoms with van der Waals surface area (Å²) in [4.78, 5) is 12.1. The SMILES string of the molecule is CCCCOCc1ccc2c(c1)OC1(CCCC1)OC2=O. The quantitative estimate of drug-likeness (QED) is 0.611. The third-order valence-corrected chi connectivity index (χ3v) is 4.12. The monoisotopic (exact) mass is 290 g/mol. The number of ether oxygens (including phenoxy) is 3. The van der Waals surface area contributed by atoms with Crippen LogP contribution in [0.1, 0.15) is 61.4 Å². The maximum atomic E-state index is 12.1. The lowest BCUT2D eigenvalue weighted by Crippen LogP contribution is -2.42. The number of hydrogen-bond acceptors (Lipinski definition) is 4. The van der Waals surface area contributed by atoms with Crippen LogP contribution in [-0.4, -0.2) is 18.4 Å². The summed E-state index contributed by atoms with van der Waals surface area (Å²) in [6.45, 7) is 3.46. The van der Waals surface area contributed by atoms with Crippen LogP contribution in [0.4, 0.5) is 0 Å². The number of fused-ring (bicyclic) bond motifs is 1. The molecule has 1 aromatic carbocycles. The van der Waals surface area contributed by atoms with E-state index >= 15 is 0 Å². The number of carbonyl (C=O) groups is 1. The lowest BCUT2D eigenvalue weighted by Gasteiger charge is -2.34. The second kappa shape index (κ2) is 6.06. The van der Waals surface area contributed by atoms with Gasteiger partial charge in [-0.25, -0.2) is 4.79 Å². The van der Waals surface area contributed by atoms with E-state index in [1.165, 1.54) is 0 Å². The van der Waals surface area contributed by atoms with E-state index in [1.54, 1.807) is 6.07 Å². The molecule has 1 fully saturated rings. The van der Waals surface area contributed by atoms with E-state index < -0.39 is 5.79 Å². The van der Waals surface area contributed by atoms with E-state index in [4.69, 9.17) is 14.2 Å². The van der Waals surface area contributed by atoms with E-state index in [0.29, 0.717) is 17.9 Å². The molecule has 1 aliphatic carbocycles. The molecule has 0 bridgehead atoms. The first-order chi connectivity index (χ1) is 10.2. The van der Waals surface area contributed by atoms with Gasteiger partial charge in [0.05, 0.1) is 6.61 Å². The van der Waals surface area contributed by atoms with Crippen molar-refractivity contribution < 1.29 is 19.0 Å². The van der Waals surface area contributed by atoms with Gasteiger partial charge in [0.15, 0.2) is 0 Å². The van der Waals surface area contributed by atoms with Gasteiger partial charge < -0.3 is 14.2 Å². The Labute approximate surface area is 125 Å². The highest BCUT2D eigenvalue weighted by Gasteiger charge is 2.44. The predicted octanol–water partition coefficient (Wildman–Crippen LogP) is 3.82. The maximum Gasteiger partial charge on any atom is 0.345 e. The molecule has 0 N–H and O–H groups in total. The molecule has 21 heavy (non-hydrogen) atoms. The summed E-state index contributed by atoms with van der Waals surface area (Å²) in [6.07, 6.45) is 5.86. The van der Waals surface area contributed by atoms with Crippen molar-refractivity contribution in [1.29, 1.82) is 0 Å². The van der Waals surface area contributed by atoms with Gasteiger partial charge in [-0.15, -0.1) is 0 Å². The Bertz CT molecular complexity index is 518. The molecule has 1 aliphatic heterocycles. The number of rotatable bonds is 5. The van der Waals surface area contributed by atoms with E-state index in [0.717, 1.165) is 50.7 Å². The van der Waals surface area contributed by atoms with Gasteiger partial charge in [0.1, 0.15) is 11.3 Å². The van der Waals surface area contributed by atoms with Crippen LogP contribution in [-0.2, 0) is 16.1 Å². The Morgan fingerprint density at radius 2 is 2.05 bits per heavy atom. The molecule has 0 unspecified atom stereocenters. The molecule has 1 spiro atoms. The summed E-state index contributed by atoms with van der Waals surface area (Å²) in [6, 6.07) is 5.60. The lowest BCUT2D eigenvalue weighted by atomic mass is 10.1. The molecule has 2 aliphatic rings. The van der Waals surface area contributed by atoms with Crippen LogP contribution in [0.5, 0.6) is 5.75 Å². The zero-order valence-electron chi connectivity index (χ0n) is 12.5. The van der Waals surface area contributed by atoms with E-state index in [1.807, 2.05) is 12.1 Å². The fourth-order valence-electron chi connectivity index (χ4n) is 2.91. The van der Waals surface area contributed by atoms with Crippen molar-refractivity contribution in [1.82, 2.24) is 0 Å². The highest BCUT2D eigenvalue weighted by atomic mass is 16.7. The van der Waals surface area contributed by atoms with E-state index in [9.17, 15) is 4.79 Å². The van der Waals surface area contributed by atoms with Crippen LogP contribution >= 0.6 is 0 Å². The number of benzene rings is 1. The fourth-order valence-corrected chi connectivity index (χ4v) is 2.91. The zero-order chi connectivity index (χ0) is 14.7. The molecule has 4 nitrogen and oxygen atoms in total. The minimum absolute atomic E-state index is 0.267. The minimum atomic E-state index is -0.716. The summed E-state index contributed by atoms with van der Waals surface area (Å²) in [5.41, 5.74) is 1.55. The molecule has 114 valence electrons. The number of hydrogen-bond donors (Lipinski definition) is 0. The normalized spacial score (nSPS) is 19.2. The van der Waals surface area contributed by atoms with E-state index in [2.05, 4.69) is 6.92 Å². The predicted molar refractivity (Wildman–Crippen MR) is 78.2 cm³/mol. The summed E-state index contributed by atoms with van der Waals surface area (Å²) in [5.74, 6) is -0.340. The van der Waals surface area contributed by atoms with Crippen molar-refractivity contribution in [2.24, 2.45) is 0 Å². The van der Waals surface area contributed by atoms with Gasteiger partial charge in [-0.2, -0.15) is 0 Å². The molecule has 0 aromatic heterocycles. The third kappa shape index (κ3) is 3.05. The fraction of sp³-hybridized carbons (Fsp3) is 0.588. The van der Waals surface area contributed by atoms with Crippen molar-refractivity contribution >= 4 is 5.97 Å². The van der Waals surface area contributed by atoms with Crippen LogP contribution in [0.25, 0.3) is 0 Å². The Morgan fingerprint density at radius 1 is 1.24 bits per heavy atom. The van der Waals surface area contributed by atoms with Gasteiger partial charge in [0.2, 0.25) is 0 Å². The van der Waals surface area contributed by atoms with Crippen LogP contribution in [0.15, 0.2) is 18.2 Å². The smallest absolute Gasteiger partial charge is 0.345 e. The average Bonchev–Trinajstić information content (AvgIpc) is 2.91. The molecule has 0 amide bonds. The number of carbonyl (C=O) groups excluding carboxylic acids is 1. The van der Waals surface area contributed by atoms with Crippen molar-refractivity contribution in [2.45, 2.75) is 57.8 Å². The van der Waals surface area contributed by atoms with Gasteiger partial charge in [-0.1, -0.05) is 19.4 Å². The van der Waals surface area contributed by atoms with Crippen molar-refractivity contribution in [3.8, 4) is 5.75 Å². The highest BCUT2D eigenvalue weighted by molar-refractivity contribution is 5.93. The van der Waals surface area contributed by atoms with E-state index in [-0.39, 0.29) is 5.97 Å². The first kappa shape index (κ1) is 14.4. The average molecular weight is 290 g/mol. The topological polar surface area (TPSA) is 44.8 Å². The second-order valence-electron chi connectivity index (χ2n) is 5.85. The molecule has 0 radical (unpaired) electrons. The van der Waals surface area contributed by atoms with Gasteiger partial charge >= 0.3 is 5.97 Å². The molecular formula is C17H22O4. The van der Waals surface area contributed by atoms with Gasteiger partial charge in [0.25, 0.3) is 5.79 Å². The summed E-state index contributed by atoms with van der Waals surface area (Å²) in [7, 11) is 0. The Hall–Kier alpha value is -1.55. The summed E-state index contributed by atoms with van der Waals surface area (Å²) < 4.78 is 17.2. The molecule has 1 heterocycles. The molecule has 1 aromatic rings. The van der Waals surface area contributed by atoms with Crippen LogP contribution < -0.4 is 4.74 Å². The summed E-state index contributed by atoms with van der Waals surface area (Å²) in [5, 5.41) is 0. The first-order valence-corrected chi connectivity index (χ1v) is 7.85. The van der Waals surface area contributed by atoms with Crippen molar-refractivity contribution in [2.75, 3.05) is 6.61 Å². The maximum absolute atomic E-state index is 12.1. The zero-order valence-corrected chi connectivity index (χ0v) is 12.5. The molecule has 1 saturated carbocycles. The third-order valence-electron chi connectivity index (χ3n) is 4.12. The number of unbranched alkanes of at least 4 members (excludes halogenated alkanes) is 1. The Morgan fingerprint density at radius 3 is 2.81 bits per heavy atom. The molecule has 0 atom stereocenters. The Balaban J connectivity index is 1.73. The van der Waals surface area contributed by atoms with Gasteiger partial charge in [0, 0.05) is 19.4 Å².